The van der Waals surface area contributed by atoms with E-state index in [2.05, 4.69) is 14.9 Å². The van der Waals surface area contributed by atoms with Gasteiger partial charge in [-0.2, -0.15) is 5.10 Å². The van der Waals surface area contributed by atoms with Crippen molar-refractivity contribution in [3.05, 3.63) is 35.8 Å². The van der Waals surface area contributed by atoms with Gasteiger partial charge in [-0.15, -0.1) is 0 Å². The average molecular weight is 284 g/mol. The van der Waals surface area contributed by atoms with E-state index in [9.17, 15) is 12.8 Å². The topological polar surface area (TPSA) is 101 Å². The molecule has 0 amide bonds. The summed E-state index contributed by atoms with van der Waals surface area (Å²) in [6.07, 6.45) is 2.15. The molecule has 1 heterocycles. The van der Waals surface area contributed by atoms with Crippen LogP contribution in [0, 0.1) is 5.82 Å². The molecular formula is C11H13FN4O2S. The molecule has 8 heteroatoms. The first-order chi connectivity index (χ1) is 8.94. The number of nitrogens with two attached hydrogens (primary N) is 1. The van der Waals surface area contributed by atoms with Gasteiger partial charge in [0.25, 0.3) is 10.0 Å². The van der Waals surface area contributed by atoms with E-state index >= 15 is 0 Å². The van der Waals surface area contributed by atoms with Gasteiger partial charge in [0.15, 0.2) is 0 Å². The molecule has 0 aliphatic carbocycles. The van der Waals surface area contributed by atoms with Gasteiger partial charge >= 0.3 is 0 Å². The maximum atomic E-state index is 12.9. The summed E-state index contributed by atoms with van der Waals surface area (Å²) in [5, 5.41) is 6.32. The van der Waals surface area contributed by atoms with Gasteiger partial charge in [-0.1, -0.05) is 6.92 Å². The highest BCUT2D eigenvalue weighted by Crippen LogP contribution is 2.23. The number of anilines is 2. The predicted molar refractivity (Wildman–Crippen MR) is 69.6 cm³/mol. The van der Waals surface area contributed by atoms with Crippen LogP contribution in [0.5, 0.6) is 0 Å². The van der Waals surface area contributed by atoms with Crippen molar-refractivity contribution >= 4 is 21.5 Å². The quantitative estimate of drug-likeness (QED) is 0.740. The van der Waals surface area contributed by atoms with Crippen molar-refractivity contribution in [1.29, 1.82) is 0 Å². The van der Waals surface area contributed by atoms with Crippen LogP contribution < -0.4 is 10.5 Å². The van der Waals surface area contributed by atoms with Crippen LogP contribution in [0.15, 0.2) is 29.3 Å². The smallest absolute Gasteiger partial charge is 0.265 e. The van der Waals surface area contributed by atoms with E-state index in [0.29, 0.717) is 6.42 Å². The number of nitrogens with zero attached hydrogens (tertiary/aromatic N) is 1. The lowest BCUT2D eigenvalue weighted by molar-refractivity contribution is 0.600. The van der Waals surface area contributed by atoms with Crippen LogP contribution in [-0.2, 0) is 16.4 Å². The Morgan fingerprint density at radius 3 is 2.84 bits per heavy atom. The van der Waals surface area contributed by atoms with Gasteiger partial charge in [0.05, 0.1) is 11.9 Å². The molecule has 0 aliphatic rings. The molecule has 0 aliphatic heterocycles. The van der Waals surface area contributed by atoms with Crippen LogP contribution in [0.4, 0.5) is 15.9 Å². The fraction of sp³-hybridized carbons (Fsp3) is 0.182. The number of rotatable bonds is 4. The van der Waals surface area contributed by atoms with E-state index < -0.39 is 15.8 Å². The third-order valence-electron chi connectivity index (χ3n) is 2.60. The Labute approximate surface area is 109 Å². The zero-order chi connectivity index (χ0) is 14.0. The normalized spacial score (nSPS) is 11.5. The number of halogens is 1. The fourth-order valence-electron chi connectivity index (χ4n) is 1.62. The second-order valence-corrected chi connectivity index (χ2v) is 5.56. The fourth-order valence-corrected chi connectivity index (χ4v) is 2.79. The number of sulfonamides is 1. The summed E-state index contributed by atoms with van der Waals surface area (Å²) >= 11 is 0. The number of aryl methyl sites for hydroxylation is 1. The van der Waals surface area contributed by atoms with Crippen LogP contribution in [0.3, 0.4) is 0 Å². The number of nitrogens with one attached hydrogen (secondary N) is 2. The van der Waals surface area contributed by atoms with Crippen molar-refractivity contribution in [2.45, 2.75) is 18.2 Å². The van der Waals surface area contributed by atoms with Gasteiger partial charge in [0.1, 0.15) is 16.5 Å². The Morgan fingerprint density at radius 1 is 1.47 bits per heavy atom. The number of H-pyrrole nitrogens is 1. The molecule has 0 bridgehead atoms. The van der Waals surface area contributed by atoms with E-state index in [1.54, 1.807) is 0 Å². The highest BCUT2D eigenvalue weighted by molar-refractivity contribution is 7.92. The molecule has 0 spiro atoms. The summed E-state index contributed by atoms with van der Waals surface area (Å²) < 4.78 is 39.5. The van der Waals surface area contributed by atoms with Gasteiger partial charge in [-0.25, -0.2) is 12.8 Å². The molecule has 0 saturated carbocycles. The molecular weight excluding hydrogens is 271 g/mol. The highest BCUT2D eigenvalue weighted by Gasteiger charge is 2.19. The number of benzene rings is 1. The lowest BCUT2D eigenvalue weighted by Gasteiger charge is -2.09. The average Bonchev–Trinajstić information content (AvgIpc) is 2.74. The van der Waals surface area contributed by atoms with E-state index in [4.69, 9.17) is 5.73 Å². The summed E-state index contributed by atoms with van der Waals surface area (Å²) in [7, 11) is -3.88. The molecule has 4 N–H and O–H groups in total. The van der Waals surface area contributed by atoms with Gasteiger partial charge in [-0.3, -0.25) is 9.82 Å². The van der Waals surface area contributed by atoms with Gasteiger partial charge in [0.2, 0.25) is 0 Å². The SMILES string of the molecule is CCc1cn[nH]c1NS(=O)(=O)c1ccc(F)cc1N. The maximum absolute atomic E-state index is 12.9. The summed E-state index contributed by atoms with van der Waals surface area (Å²) in [5.41, 5.74) is 6.10. The van der Waals surface area contributed by atoms with E-state index in [1.165, 1.54) is 6.20 Å². The molecule has 0 fully saturated rings. The number of aromatic nitrogens is 2. The molecule has 1 aromatic carbocycles. The van der Waals surface area contributed by atoms with E-state index in [-0.39, 0.29) is 16.4 Å². The second kappa shape index (κ2) is 4.88. The van der Waals surface area contributed by atoms with Crippen molar-refractivity contribution in [2.75, 3.05) is 10.5 Å². The molecule has 6 nitrogen and oxygen atoms in total. The Bertz CT molecular complexity index is 696. The minimum absolute atomic E-state index is 0.148. The number of hydrogen-bond donors (Lipinski definition) is 3. The number of nitrogen functional groups attached to an aromatic ring is 1. The maximum Gasteiger partial charge on any atom is 0.265 e. The molecule has 0 radical (unpaired) electrons. The van der Waals surface area contributed by atoms with Crippen molar-refractivity contribution < 1.29 is 12.8 Å². The predicted octanol–water partition coefficient (Wildman–Crippen LogP) is 1.49. The van der Waals surface area contributed by atoms with Crippen LogP contribution >= 0.6 is 0 Å². The highest BCUT2D eigenvalue weighted by atomic mass is 32.2. The molecule has 0 atom stereocenters. The molecule has 19 heavy (non-hydrogen) atoms. The third kappa shape index (κ3) is 2.68. The summed E-state index contributed by atoms with van der Waals surface area (Å²) in [6.45, 7) is 1.87. The molecule has 102 valence electrons. The molecule has 0 saturated heterocycles. The Kier molecular flexibility index (Phi) is 3.43. The minimum Gasteiger partial charge on any atom is -0.398 e. The van der Waals surface area contributed by atoms with Crippen molar-refractivity contribution in [3.8, 4) is 0 Å². The minimum atomic E-state index is -3.88. The van der Waals surface area contributed by atoms with E-state index in [0.717, 1.165) is 23.8 Å². The standard InChI is InChI=1S/C11H13FN4O2S/c1-2-7-6-14-15-11(7)16-19(17,18)10-4-3-8(12)5-9(10)13/h3-6H,2,13H2,1H3,(H2,14,15,16). The summed E-state index contributed by atoms with van der Waals surface area (Å²) in [5.74, 6) is -0.307. The lowest BCUT2D eigenvalue weighted by Crippen LogP contribution is -2.16. The first-order valence-electron chi connectivity index (χ1n) is 5.54. The lowest BCUT2D eigenvalue weighted by atomic mass is 10.3. The Balaban J connectivity index is 2.38. The van der Waals surface area contributed by atoms with E-state index in [1.807, 2.05) is 6.92 Å². The Hall–Kier alpha value is -2.09. The third-order valence-corrected chi connectivity index (χ3v) is 4.02. The molecule has 2 rings (SSSR count). The zero-order valence-corrected chi connectivity index (χ0v) is 11.0. The largest absolute Gasteiger partial charge is 0.398 e. The Morgan fingerprint density at radius 2 is 2.21 bits per heavy atom. The van der Waals surface area contributed by atoms with Crippen molar-refractivity contribution in [1.82, 2.24) is 10.2 Å². The number of aromatic amines is 1. The molecule has 1 aromatic heterocycles. The molecule has 2 aromatic rings. The van der Waals surface area contributed by atoms with Gasteiger partial charge in [-0.05, 0) is 24.6 Å². The first-order valence-corrected chi connectivity index (χ1v) is 7.02. The summed E-state index contributed by atoms with van der Waals surface area (Å²) in [6, 6.07) is 3.12. The van der Waals surface area contributed by atoms with Crippen LogP contribution in [-0.4, -0.2) is 18.6 Å². The van der Waals surface area contributed by atoms with Crippen LogP contribution in [0.1, 0.15) is 12.5 Å². The molecule has 0 unspecified atom stereocenters. The zero-order valence-electron chi connectivity index (χ0n) is 10.1. The van der Waals surface area contributed by atoms with Crippen molar-refractivity contribution in [3.63, 3.8) is 0 Å². The second-order valence-electron chi connectivity index (χ2n) is 3.91. The van der Waals surface area contributed by atoms with Crippen LogP contribution in [0.2, 0.25) is 0 Å². The van der Waals surface area contributed by atoms with Crippen molar-refractivity contribution in [2.24, 2.45) is 0 Å². The first kappa shape index (κ1) is 13.3. The van der Waals surface area contributed by atoms with Gasteiger partial charge < -0.3 is 5.73 Å². The number of hydrogen-bond acceptors (Lipinski definition) is 4. The van der Waals surface area contributed by atoms with Gasteiger partial charge in [0, 0.05) is 5.56 Å². The summed E-state index contributed by atoms with van der Waals surface area (Å²) in [4.78, 5) is -0.175. The monoisotopic (exact) mass is 284 g/mol. The van der Waals surface area contributed by atoms with Crippen LogP contribution in [0.25, 0.3) is 0 Å².